The molecule has 27 heavy (non-hydrogen) atoms. The lowest BCUT2D eigenvalue weighted by molar-refractivity contribution is 0.119. The Kier molecular flexibility index (Phi) is 10.9. The number of thiazole rings is 1. The summed E-state index contributed by atoms with van der Waals surface area (Å²) >= 11 is 1.64. The van der Waals surface area contributed by atoms with E-state index in [4.69, 9.17) is 9.73 Å². The maximum Gasteiger partial charge on any atom is 0.194 e. The van der Waals surface area contributed by atoms with Crippen LogP contribution in [0.4, 0.5) is 0 Å². The van der Waals surface area contributed by atoms with E-state index < -0.39 is 0 Å². The van der Waals surface area contributed by atoms with Crippen LogP contribution in [-0.4, -0.2) is 43.1 Å². The normalized spacial score (nSPS) is 12.4. The molecule has 1 unspecified atom stereocenters. The SMILES string of the molecule is CCNC(=NCCc1ccc(C)cc1)N(C)Cc1csc(C(C)OC)n1.I. The maximum absolute atomic E-state index is 5.34. The fourth-order valence-corrected chi connectivity index (χ4v) is 3.36. The first-order chi connectivity index (χ1) is 12.5. The van der Waals surface area contributed by atoms with Gasteiger partial charge in [-0.25, -0.2) is 4.98 Å². The first kappa shape index (κ1) is 23.8. The van der Waals surface area contributed by atoms with Crippen molar-refractivity contribution in [3.8, 4) is 0 Å². The number of rotatable bonds is 8. The summed E-state index contributed by atoms with van der Waals surface area (Å²) in [6.07, 6.45) is 0.977. The molecule has 7 heteroatoms. The third-order valence-corrected chi connectivity index (χ3v) is 5.20. The first-order valence-electron chi connectivity index (χ1n) is 9.05. The van der Waals surface area contributed by atoms with Gasteiger partial charge >= 0.3 is 0 Å². The van der Waals surface area contributed by atoms with Crippen molar-refractivity contribution in [1.82, 2.24) is 15.2 Å². The van der Waals surface area contributed by atoms with Crippen molar-refractivity contribution < 1.29 is 4.74 Å². The van der Waals surface area contributed by atoms with Gasteiger partial charge in [0.2, 0.25) is 0 Å². The highest BCUT2D eigenvalue weighted by Gasteiger charge is 2.12. The Balaban J connectivity index is 0.00000364. The van der Waals surface area contributed by atoms with Crippen LogP contribution in [0, 0.1) is 6.92 Å². The lowest BCUT2D eigenvalue weighted by Gasteiger charge is -2.21. The maximum atomic E-state index is 5.34. The molecule has 0 amide bonds. The second-order valence-electron chi connectivity index (χ2n) is 6.38. The van der Waals surface area contributed by atoms with Gasteiger partial charge in [0.1, 0.15) is 11.1 Å². The van der Waals surface area contributed by atoms with E-state index >= 15 is 0 Å². The fraction of sp³-hybridized carbons (Fsp3) is 0.500. The minimum absolute atomic E-state index is 0. The molecular weight excluding hydrogens is 471 g/mol. The molecule has 150 valence electrons. The first-order valence-corrected chi connectivity index (χ1v) is 9.93. The van der Waals surface area contributed by atoms with Crippen molar-refractivity contribution in [1.29, 1.82) is 0 Å². The number of aryl methyl sites for hydroxylation is 1. The smallest absolute Gasteiger partial charge is 0.194 e. The highest BCUT2D eigenvalue weighted by Crippen LogP contribution is 2.20. The van der Waals surface area contributed by atoms with Gasteiger partial charge in [0.05, 0.1) is 12.2 Å². The summed E-state index contributed by atoms with van der Waals surface area (Å²) in [5, 5.41) is 6.47. The summed E-state index contributed by atoms with van der Waals surface area (Å²) in [6.45, 7) is 8.55. The van der Waals surface area contributed by atoms with Gasteiger partial charge in [-0.3, -0.25) is 4.99 Å². The molecule has 0 bridgehead atoms. The van der Waals surface area contributed by atoms with Crippen LogP contribution in [0.1, 0.15) is 41.8 Å². The minimum Gasteiger partial charge on any atom is -0.375 e. The van der Waals surface area contributed by atoms with Crippen molar-refractivity contribution in [3.63, 3.8) is 0 Å². The number of guanidine groups is 1. The van der Waals surface area contributed by atoms with Crippen LogP contribution < -0.4 is 5.32 Å². The van der Waals surface area contributed by atoms with E-state index in [9.17, 15) is 0 Å². The van der Waals surface area contributed by atoms with Crippen molar-refractivity contribution in [3.05, 3.63) is 51.5 Å². The number of hydrogen-bond acceptors (Lipinski definition) is 4. The molecule has 1 heterocycles. The Morgan fingerprint density at radius 2 is 2.04 bits per heavy atom. The molecule has 0 aliphatic heterocycles. The fourth-order valence-electron chi connectivity index (χ4n) is 2.52. The highest BCUT2D eigenvalue weighted by atomic mass is 127. The summed E-state index contributed by atoms with van der Waals surface area (Å²) in [6, 6.07) is 8.65. The lowest BCUT2D eigenvalue weighted by Crippen LogP contribution is -2.38. The van der Waals surface area contributed by atoms with Crippen LogP contribution in [0.25, 0.3) is 0 Å². The molecule has 1 aromatic carbocycles. The molecule has 1 atom stereocenters. The molecule has 1 aromatic heterocycles. The van der Waals surface area contributed by atoms with Crippen LogP contribution in [0.3, 0.4) is 0 Å². The van der Waals surface area contributed by atoms with Crippen molar-refractivity contribution in [2.24, 2.45) is 4.99 Å². The average molecular weight is 502 g/mol. The average Bonchev–Trinajstić information content (AvgIpc) is 3.10. The van der Waals surface area contributed by atoms with E-state index in [1.165, 1.54) is 11.1 Å². The zero-order valence-electron chi connectivity index (χ0n) is 16.9. The predicted molar refractivity (Wildman–Crippen MR) is 125 cm³/mol. The van der Waals surface area contributed by atoms with Crippen molar-refractivity contribution >= 4 is 41.3 Å². The van der Waals surface area contributed by atoms with E-state index in [0.717, 1.165) is 42.7 Å². The van der Waals surface area contributed by atoms with Gasteiger partial charge in [-0.1, -0.05) is 29.8 Å². The Labute approximate surface area is 184 Å². The van der Waals surface area contributed by atoms with E-state index in [1.54, 1.807) is 18.4 Å². The van der Waals surface area contributed by atoms with Crippen LogP contribution in [0.15, 0.2) is 34.6 Å². The van der Waals surface area contributed by atoms with Gasteiger partial charge in [-0.05, 0) is 32.8 Å². The molecule has 0 spiro atoms. The zero-order valence-corrected chi connectivity index (χ0v) is 20.0. The topological polar surface area (TPSA) is 49.8 Å². The van der Waals surface area contributed by atoms with Gasteiger partial charge in [-0.15, -0.1) is 35.3 Å². The molecule has 1 N–H and O–H groups in total. The van der Waals surface area contributed by atoms with E-state index in [1.807, 2.05) is 14.0 Å². The number of benzene rings is 1. The number of hydrogen-bond donors (Lipinski definition) is 1. The number of aliphatic imine (C=N–C) groups is 1. The van der Waals surface area contributed by atoms with E-state index in [2.05, 4.69) is 58.7 Å². The van der Waals surface area contributed by atoms with Gasteiger partial charge < -0.3 is 15.0 Å². The van der Waals surface area contributed by atoms with Gasteiger partial charge in [-0.2, -0.15) is 0 Å². The predicted octanol–water partition coefficient (Wildman–Crippen LogP) is 4.42. The minimum atomic E-state index is 0. The van der Waals surface area contributed by atoms with E-state index in [0.29, 0.717) is 0 Å². The Morgan fingerprint density at radius 3 is 2.67 bits per heavy atom. The molecule has 5 nitrogen and oxygen atoms in total. The summed E-state index contributed by atoms with van der Waals surface area (Å²) in [5.41, 5.74) is 3.65. The summed E-state index contributed by atoms with van der Waals surface area (Å²) in [7, 11) is 3.76. The van der Waals surface area contributed by atoms with Crippen molar-refractivity contribution in [2.75, 3.05) is 27.2 Å². The number of nitrogens with one attached hydrogen (secondary N) is 1. The Morgan fingerprint density at radius 1 is 1.33 bits per heavy atom. The summed E-state index contributed by atoms with van der Waals surface area (Å²) in [5.74, 6) is 0.911. The standard InChI is InChI=1S/C20H30N4OS.HI/c1-6-21-20(22-12-11-17-9-7-15(2)8-10-17)24(4)13-18-14-26-19(23-18)16(3)25-5;/h7-10,14,16H,6,11-13H2,1-5H3,(H,21,22);1H. The molecule has 0 aliphatic rings. The Bertz CT molecular complexity index is 702. The summed E-state index contributed by atoms with van der Waals surface area (Å²) < 4.78 is 5.34. The Hall–Kier alpha value is -1.19. The number of ether oxygens (including phenoxy) is 1. The monoisotopic (exact) mass is 502 g/mol. The number of aromatic nitrogens is 1. The second kappa shape index (κ2) is 12.3. The molecule has 0 saturated carbocycles. The van der Waals surface area contributed by atoms with Gasteiger partial charge in [0.15, 0.2) is 5.96 Å². The van der Waals surface area contributed by atoms with Crippen LogP contribution >= 0.6 is 35.3 Å². The van der Waals surface area contributed by atoms with Crippen molar-refractivity contribution in [2.45, 2.75) is 39.8 Å². The third kappa shape index (κ3) is 7.75. The van der Waals surface area contributed by atoms with Gasteiger partial charge in [0.25, 0.3) is 0 Å². The van der Waals surface area contributed by atoms with Crippen LogP contribution in [0.5, 0.6) is 0 Å². The molecule has 2 rings (SSSR count). The third-order valence-electron chi connectivity index (χ3n) is 4.15. The molecule has 0 fully saturated rings. The zero-order chi connectivity index (χ0) is 18.9. The largest absolute Gasteiger partial charge is 0.375 e. The molecular formula is C20H31IN4OS. The quantitative estimate of drug-likeness (QED) is 0.330. The lowest BCUT2D eigenvalue weighted by atomic mass is 10.1. The highest BCUT2D eigenvalue weighted by molar-refractivity contribution is 14.0. The number of halogens is 1. The number of methoxy groups -OCH3 is 1. The van der Waals surface area contributed by atoms with Crippen LogP contribution in [0.2, 0.25) is 0 Å². The van der Waals surface area contributed by atoms with Gasteiger partial charge in [0, 0.05) is 32.6 Å². The number of nitrogens with zero attached hydrogens (tertiary/aromatic N) is 3. The van der Waals surface area contributed by atoms with Crippen LogP contribution in [-0.2, 0) is 17.7 Å². The summed E-state index contributed by atoms with van der Waals surface area (Å²) in [4.78, 5) is 11.6. The molecule has 2 aromatic rings. The second-order valence-corrected chi connectivity index (χ2v) is 7.27. The molecule has 0 radical (unpaired) electrons. The molecule has 0 aliphatic carbocycles. The molecule has 0 saturated heterocycles. The van der Waals surface area contributed by atoms with E-state index in [-0.39, 0.29) is 30.1 Å².